The first-order valence-corrected chi connectivity index (χ1v) is 15.3. The van der Waals surface area contributed by atoms with E-state index in [1.54, 1.807) is 14.0 Å². The van der Waals surface area contributed by atoms with Crippen molar-refractivity contribution in [1.82, 2.24) is 0 Å². The molecule has 0 aliphatic heterocycles. The van der Waals surface area contributed by atoms with E-state index >= 15 is 0 Å². The third-order valence-electron chi connectivity index (χ3n) is 7.10. The molecule has 0 aliphatic carbocycles. The summed E-state index contributed by atoms with van der Waals surface area (Å²) in [5, 5.41) is 10.1. The van der Waals surface area contributed by atoms with Gasteiger partial charge < -0.3 is 28.5 Å². The minimum Gasteiger partial charge on any atom is -0.463 e. The van der Waals surface area contributed by atoms with Crippen molar-refractivity contribution >= 4 is 14.3 Å². The Bertz CT molecular complexity index is 583. The Morgan fingerprint density at radius 2 is 1.23 bits per heavy atom. The van der Waals surface area contributed by atoms with E-state index in [1.807, 2.05) is 13.8 Å². The first-order valence-electron chi connectivity index (χ1n) is 13.2. The number of carbonyl (C=O) groups excluding carboxylic acids is 1. The van der Waals surface area contributed by atoms with E-state index in [1.165, 1.54) is 0 Å². The molecule has 0 bridgehead atoms. The highest BCUT2D eigenvalue weighted by atomic mass is 28.4. The van der Waals surface area contributed by atoms with Crippen LogP contribution in [0.5, 0.6) is 0 Å². The summed E-state index contributed by atoms with van der Waals surface area (Å²) in [6.45, 7) is 24.5. The maximum absolute atomic E-state index is 12.9. The third-order valence-corrected chi connectivity index (χ3v) is 13.2. The van der Waals surface area contributed by atoms with Crippen LogP contribution in [0.1, 0.15) is 89.0 Å². The summed E-state index contributed by atoms with van der Waals surface area (Å²) in [7, 11) is -0.471. The fraction of sp³-hybridized carbons (Fsp3) is 0.963. The van der Waals surface area contributed by atoms with Crippen molar-refractivity contribution in [3.63, 3.8) is 0 Å². The number of rotatable bonds is 19. The maximum Gasteiger partial charge on any atom is 0.316 e. The Labute approximate surface area is 216 Å². The van der Waals surface area contributed by atoms with Gasteiger partial charge in [0.25, 0.3) is 0 Å². The van der Waals surface area contributed by atoms with Gasteiger partial charge in [-0.05, 0) is 64.1 Å². The van der Waals surface area contributed by atoms with Crippen molar-refractivity contribution < 1.29 is 33.3 Å². The first-order chi connectivity index (χ1) is 16.0. The molecule has 0 spiro atoms. The summed E-state index contributed by atoms with van der Waals surface area (Å²) < 4.78 is 29.2. The van der Waals surface area contributed by atoms with Crippen LogP contribution in [0.25, 0.3) is 0 Å². The van der Waals surface area contributed by atoms with Gasteiger partial charge in [-0.1, -0.05) is 41.5 Å². The molecule has 0 aromatic heterocycles. The number of aliphatic hydroxyl groups is 1. The summed E-state index contributed by atoms with van der Waals surface area (Å²) in [4.78, 5) is 12.9. The average molecular weight is 521 g/mol. The summed E-state index contributed by atoms with van der Waals surface area (Å²) in [6, 6.07) is 0. The lowest BCUT2D eigenvalue weighted by atomic mass is 9.93. The van der Waals surface area contributed by atoms with Crippen LogP contribution in [0.4, 0.5) is 0 Å². The first kappa shape index (κ1) is 34.5. The van der Waals surface area contributed by atoms with Crippen LogP contribution >= 0.6 is 0 Å². The molecule has 35 heavy (non-hydrogen) atoms. The van der Waals surface area contributed by atoms with Gasteiger partial charge in [-0.15, -0.1) is 0 Å². The zero-order valence-electron chi connectivity index (χ0n) is 24.8. The van der Waals surface area contributed by atoms with Gasteiger partial charge in [0.2, 0.25) is 0 Å². The molecule has 7 nitrogen and oxygen atoms in total. The largest absolute Gasteiger partial charge is 0.463 e. The predicted octanol–water partition coefficient (Wildman–Crippen LogP) is 5.74. The highest BCUT2D eigenvalue weighted by molar-refractivity contribution is 6.77. The molecule has 0 fully saturated rings. The zero-order chi connectivity index (χ0) is 27.5. The van der Waals surface area contributed by atoms with Gasteiger partial charge in [0.1, 0.15) is 12.0 Å². The lowest BCUT2D eigenvalue weighted by molar-refractivity contribution is -0.163. The van der Waals surface area contributed by atoms with Crippen LogP contribution in [-0.2, 0) is 28.2 Å². The number of methoxy groups -OCH3 is 1. The van der Waals surface area contributed by atoms with Crippen LogP contribution in [0, 0.1) is 5.41 Å². The lowest BCUT2D eigenvalue weighted by Gasteiger charge is -2.44. The van der Waals surface area contributed by atoms with Gasteiger partial charge in [0.15, 0.2) is 8.32 Å². The van der Waals surface area contributed by atoms with Crippen molar-refractivity contribution in [3.05, 3.63) is 0 Å². The van der Waals surface area contributed by atoms with Crippen LogP contribution < -0.4 is 0 Å². The second-order valence-corrected chi connectivity index (χ2v) is 17.6. The Kier molecular flexibility index (Phi) is 14.8. The van der Waals surface area contributed by atoms with Crippen molar-refractivity contribution in [2.24, 2.45) is 5.41 Å². The van der Waals surface area contributed by atoms with Crippen molar-refractivity contribution in [3.8, 4) is 0 Å². The maximum atomic E-state index is 12.9. The monoisotopic (exact) mass is 520 g/mol. The van der Waals surface area contributed by atoms with Crippen LogP contribution in [0.15, 0.2) is 0 Å². The SMILES string of the molecule is COCCC(C)(C)OCCC(C)(C)OCCOC(=O)C(C)(CO)CO[Si](C(C)C)(C(C)C)C(C)C. The van der Waals surface area contributed by atoms with Gasteiger partial charge in [-0.25, -0.2) is 0 Å². The third kappa shape index (κ3) is 11.2. The second-order valence-electron chi connectivity index (χ2n) is 12.2. The molecular weight excluding hydrogens is 464 g/mol. The molecule has 0 saturated carbocycles. The fourth-order valence-corrected chi connectivity index (χ4v) is 10.2. The molecule has 1 N–H and O–H groups in total. The Hall–Kier alpha value is -0.513. The molecule has 0 radical (unpaired) electrons. The van der Waals surface area contributed by atoms with E-state index in [0.29, 0.717) is 36.3 Å². The van der Waals surface area contributed by atoms with Crippen molar-refractivity contribution in [2.45, 2.75) is 117 Å². The molecule has 0 aliphatic rings. The standard InChI is InChI=1S/C27H56O7Si/c1-21(2)35(22(3)4,23(5)6)34-20-27(11,19-28)24(29)31-17-18-33-26(9,10)14-16-32-25(7,8)13-15-30-12/h21-23,28H,13-20H2,1-12H3. The van der Waals surface area contributed by atoms with Crippen LogP contribution in [0.3, 0.4) is 0 Å². The van der Waals surface area contributed by atoms with Gasteiger partial charge in [0, 0.05) is 13.7 Å². The Morgan fingerprint density at radius 1 is 0.771 bits per heavy atom. The van der Waals surface area contributed by atoms with E-state index in [4.69, 9.17) is 23.4 Å². The average Bonchev–Trinajstić information content (AvgIpc) is 2.74. The summed E-state index contributed by atoms with van der Waals surface area (Å²) in [6.07, 6.45) is 1.54. The molecule has 8 heteroatoms. The van der Waals surface area contributed by atoms with E-state index in [9.17, 15) is 9.90 Å². The zero-order valence-corrected chi connectivity index (χ0v) is 25.8. The minimum absolute atomic E-state index is 0.124. The molecule has 210 valence electrons. The number of ether oxygens (including phenoxy) is 4. The summed E-state index contributed by atoms with van der Waals surface area (Å²) >= 11 is 0. The lowest BCUT2D eigenvalue weighted by Crippen LogP contribution is -2.51. The molecule has 0 heterocycles. The highest BCUT2D eigenvalue weighted by Gasteiger charge is 2.47. The second kappa shape index (κ2) is 15.0. The normalized spacial score (nSPS) is 15.2. The molecule has 0 aromatic rings. The molecule has 0 amide bonds. The number of hydrogen-bond acceptors (Lipinski definition) is 7. The summed E-state index contributed by atoms with van der Waals surface area (Å²) in [5.41, 5.74) is -0.581. The van der Waals surface area contributed by atoms with E-state index in [2.05, 4.69) is 55.4 Å². The molecule has 0 aromatic carbocycles. The fourth-order valence-electron chi connectivity index (χ4n) is 4.65. The number of aliphatic hydroxyl groups excluding tert-OH is 1. The highest BCUT2D eigenvalue weighted by Crippen LogP contribution is 2.43. The van der Waals surface area contributed by atoms with Gasteiger partial charge in [-0.3, -0.25) is 4.79 Å². The molecule has 0 saturated heterocycles. The molecule has 1 unspecified atom stereocenters. The number of hydrogen-bond donors (Lipinski definition) is 1. The van der Waals surface area contributed by atoms with Crippen molar-refractivity contribution in [2.75, 3.05) is 46.8 Å². The number of carbonyl (C=O) groups is 1. The van der Waals surface area contributed by atoms with Gasteiger partial charge >= 0.3 is 5.97 Å². The topological polar surface area (TPSA) is 83.5 Å². The molecule has 1 atom stereocenters. The van der Waals surface area contributed by atoms with Crippen molar-refractivity contribution in [1.29, 1.82) is 0 Å². The van der Waals surface area contributed by atoms with Gasteiger partial charge in [0.05, 0.1) is 37.6 Å². The molecule has 0 rings (SSSR count). The Morgan fingerprint density at radius 3 is 1.66 bits per heavy atom. The van der Waals surface area contributed by atoms with Crippen LogP contribution in [-0.4, -0.2) is 77.3 Å². The van der Waals surface area contributed by atoms with E-state index < -0.39 is 25.3 Å². The molecular formula is C27H56O7Si. The Balaban J connectivity index is 4.75. The summed E-state index contributed by atoms with van der Waals surface area (Å²) in [5.74, 6) is -0.455. The predicted molar refractivity (Wildman–Crippen MR) is 144 cm³/mol. The van der Waals surface area contributed by atoms with Gasteiger partial charge in [-0.2, -0.15) is 0 Å². The minimum atomic E-state index is -2.16. The van der Waals surface area contributed by atoms with E-state index in [-0.39, 0.29) is 32.0 Å². The van der Waals surface area contributed by atoms with Crippen LogP contribution in [0.2, 0.25) is 16.6 Å². The smallest absolute Gasteiger partial charge is 0.316 e. The van der Waals surface area contributed by atoms with E-state index in [0.717, 1.165) is 6.42 Å². The quantitative estimate of drug-likeness (QED) is 0.132. The number of esters is 1.